The number of aromatic carboxylic acids is 1. The molecular weight excluding hydrogens is 471 g/mol. The molecular formula is C24H38O2SSn. The minimum Gasteiger partial charge on any atom is -0.544 e. The topological polar surface area (TPSA) is 40.1 Å². The summed E-state index contributed by atoms with van der Waals surface area (Å²) >= 11 is 0.0448. The van der Waals surface area contributed by atoms with Gasteiger partial charge in [0.25, 0.3) is 0 Å². The van der Waals surface area contributed by atoms with E-state index in [9.17, 15) is 9.90 Å². The minimum absolute atomic E-state index is 0.329. The van der Waals surface area contributed by atoms with E-state index in [-0.39, 0.29) is 0 Å². The number of carbonyl (C=O) groups is 1. The molecule has 28 heavy (non-hydrogen) atoms. The van der Waals surface area contributed by atoms with E-state index in [1.54, 1.807) is 115 Å². The molecule has 0 unspecified atom stereocenters. The van der Waals surface area contributed by atoms with E-state index in [0.29, 0.717) is 4.88 Å². The molecule has 0 amide bonds. The third kappa shape index (κ3) is 6.48. The standard InChI is InChI=1S/C6H6O2S.3C6H11.Sn/c1-4-2-3-9-5(4)6(7)8;3*1-2-4-6-5-3-1;/h2-3H,1H3,(H,7,8);3*1H,2-6H2;/q;;;;+1/p-1. The van der Waals surface area contributed by atoms with Gasteiger partial charge in [0, 0.05) is 0 Å². The van der Waals surface area contributed by atoms with E-state index in [2.05, 4.69) is 0 Å². The predicted octanol–water partition coefficient (Wildman–Crippen LogP) is 6.90. The molecule has 156 valence electrons. The van der Waals surface area contributed by atoms with Crippen molar-refractivity contribution in [3.63, 3.8) is 0 Å². The van der Waals surface area contributed by atoms with Gasteiger partial charge in [-0.25, -0.2) is 0 Å². The number of carboxylic acids is 1. The zero-order valence-corrected chi connectivity index (χ0v) is 21.4. The molecule has 0 radical (unpaired) electrons. The SMILES string of the molecule is C1CC[CH]([Sn+]([CH]2CCCCC2)[CH]2CCCCC2)CC1.Cc1ccsc1C(=O)[O-]. The summed E-state index contributed by atoms with van der Waals surface area (Å²) in [5.41, 5.74) is 0.778. The van der Waals surface area contributed by atoms with Gasteiger partial charge in [0.15, 0.2) is 0 Å². The molecule has 0 aromatic carbocycles. The molecule has 4 heteroatoms. The van der Waals surface area contributed by atoms with Gasteiger partial charge in [-0.3, -0.25) is 0 Å². The van der Waals surface area contributed by atoms with E-state index < -0.39 is 25.7 Å². The Morgan fingerprint density at radius 3 is 1.46 bits per heavy atom. The van der Waals surface area contributed by atoms with Gasteiger partial charge >= 0.3 is 128 Å². The first-order chi connectivity index (χ1) is 13.7. The van der Waals surface area contributed by atoms with Gasteiger partial charge in [0.05, 0.1) is 10.8 Å². The van der Waals surface area contributed by atoms with Crippen LogP contribution in [-0.4, -0.2) is 25.7 Å². The van der Waals surface area contributed by atoms with Gasteiger partial charge in [0.2, 0.25) is 0 Å². The fourth-order valence-corrected chi connectivity index (χ4v) is 21.6. The Labute approximate surface area is 183 Å². The first-order valence-electron chi connectivity index (χ1n) is 11.8. The molecule has 1 heterocycles. The van der Waals surface area contributed by atoms with Crippen LogP contribution in [0.15, 0.2) is 11.4 Å². The van der Waals surface area contributed by atoms with E-state index in [4.69, 9.17) is 0 Å². The van der Waals surface area contributed by atoms with Crippen molar-refractivity contribution in [2.45, 2.75) is 115 Å². The van der Waals surface area contributed by atoms with Crippen molar-refractivity contribution in [3.8, 4) is 0 Å². The molecule has 3 aliphatic rings. The summed E-state index contributed by atoms with van der Waals surface area (Å²) < 4.78 is 3.96. The van der Waals surface area contributed by atoms with E-state index in [0.717, 1.165) is 5.56 Å². The van der Waals surface area contributed by atoms with Crippen LogP contribution in [0.5, 0.6) is 0 Å². The molecule has 0 spiro atoms. The molecule has 0 aliphatic heterocycles. The molecule has 3 aliphatic carbocycles. The maximum atomic E-state index is 10.2. The van der Waals surface area contributed by atoms with Crippen molar-refractivity contribution >= 4 is 37.1 Å². The van der Waals surface area contributed by atoms with Crippen LogP contribution in [0.2, 0.25) is 11.8 Å². The Hall–Kier alpha value is -0.0313. The van der Waals surface area contributed by atoms with Crippen LogP contribution in [0.1, 0.15) is 112 Å². The molecule has 0 bridgehead atoms. The fourth-order valence-electron chi connectivity index (χ4n) is 5.89. The number of hydrogen-bond acceptors (Lipinski definition) is 3. The molecule has 3 saturated carbocycles. The second-order valence-electron chi connectivity index (χ2n) is 9.22. The summed E-state index contributed by atoms with van der Waals surface area (Å²) in [6.07, 6.45) is 24.2. The number of carboxylic acid groups (broad SMARTS) is 1. The summed E-state index contributed by atoms with van der Waals surface area (Å²) in [6, 6.07) is 1.76. The summed E-state index contributed by atoms with van der Waals surface area (Å²) in [5, 5.41) is 11.9. The predicted molar refractivity (Wildman–Crippen MR) is 120 cm³/mol. The van der Waals surface area contributed by atoms with Crippen molar-refractivity contribution in [3.05, 3.63) is 21.9 Å². The second kappa shape index (κ2) is 12.0. The van der Waals surface area contributed by atoms with Gasteiger partial charge in [-0.1, -0.05) is 0 Å². The Morgan fingerprint density at radius 1 is 0.821 bits per heavy atom. The van der Waals surface area contributed by atoms with Gasteiger partial charge < -0.3 is 9.90 Å². The molecule has 3 fully saturated rings. The summed E-state index contributed by atoms with van der Waals surface area (Å²) in [6.45, 7) is 1.75. The average Bonchev–Trinajstić information content (AvgIpc) is 3.18. The molecule has 1 aromatic heterocycles. The van der Waals surface area contributed by atoms with Gasteiger partial charge in [-0.15, -0.1) is 11.3 Å². The Balaban J connectivity index is 0.000000211. The van der Waals surface area contributed by atoms with Crippen molar-refractivity contribution in [1.82, 2.24) is 0 Å². The van der Waals surface area contributed by atoms with Crippen molar-refractivity contribution in [1.29, 1.82) is 0 Å². The maximum Gasteiger partial charge on any atom is 0.0817 e. The van der Waals surface area contributed by atoms with Crippen molar-refractivity contribution < 1.29 is 9.90 Å². The summed E-state index contributed by atoms with van der Waals surface area (Å²) in [5.74, 6) is -1.08. The second-order valence-corrected chi connectivity index (χ2v) is 20.0. The molecule has 1 aromatic rings. The minimum atomic E-state index is -1.15. The zero-order valence-electron chi connectivity index (χ0n) is 17.7. The van der Waals surface area contributed by atoms with Crippen LogP contribution in [0, 0.1) is 6.92 Å². The first-order valence-corrected chi connectivity index (χ1v) is 17.6. The average molecular weight is 509 g/mol. The molecule has 2 nitrogen and oxygen atoms in total. The number of hydrogen-bond donors (Lipinski definition) is 0. The third-order valence-electron chi connectivity index (χ3n) is 7.28. The van der Waals surface area contributed by atoms with Crippen LogP contribution in [-0.2, 0) is 0 Å². The monoisotopic (exact) mass is 510 g/mol. The summed E-state index contributed by atoms with van der Waals surface area (Å²) in [4.78, 5) is 10.5. The zero-order chi connectivity index (χ0) is 19.8. The molecule has 0 atom stereocenters. The van der Waals surface area contributed by atoms with E-state index in [1.165, 1.54) is 23.1 Å². The van der Waals surface area contributed by atoms with Crippen LogP contribution in [0.3, 0.4) is 0 Å². The number of carbonyl (C=O) groups excluding carboxylic acids is 1. The van der Waals surface area contributed by atoms with Gasteiger partial charge in [0.1, 0.15) is 0 Å². The van der Waals surface area contributed by atoms with Gasteiger partial charge in [-0.05, 0) is 23.9 Å². The first kappa shape index (κ1) is 22.6. The van der Waals surface area contributed by atoms with Crippen molar-refractivity contribution in [2.75, 3.05) is 0 Å². The molecule has 0 saturated heterocycles. The van der Waals surface area contributed by atoms with Crippen LogP contribution in [0.25, 0.3) is 0 Å². The smallest absolute Gasteiger partial charge is 0.0817 e. The van der Waals surface area contributed by atoms with Gasteiger partial charge in [-0.2, -0.15) is 0 Å². The number of rotatable bonds is 4. The third-order valence-corrected chi connectivity index (χ3v) is 21.3. The fraction of sp³-hybridized carbons (Fsp3) is 0.792. The van der Waals surface area contributed by atoms with Crippen LogP contribution >= 0.6 is 11.3 Å². The normalized spacial score (nSPS) is 22.3. The molecule has 0 N–H and O–H groups in total. The molecule has 4 rings (SSSR count). The number of aryl methyl sites for hydroxylation is 1. The number of thiophene rings is 1. The Morgan fingerprint density at radius 2 is 1.21 bits per heavy atom. The quantitative estimate of drug-likeness (QED) is 0.414. The maximum absolute atomic E-state index is 10.2. The van der Waals surface area contributed by atoms with Crippen LogP contribution < -0.4 is 5.11 Å². The largest absolute Gasteiger partial charge is 0.544 e. The van der Waals surface area contributed by atoms with E-state index >= 15 is 0 Å². The van der Waals surface area contributed by atoms with E-state index in [1.807, 2.05) is 0 Å². The summed E-state index contributed by atoms with van der Waals surface area (Å²) in [7, 11) is 0. The Kier molecular flexibility index (Phi) is 9.69. The Bertz CT molecular complexity index is 538. The van der Waals surface area contributed by atoms with Crippen LogP contribution in [0.4, 0.5) is 0 Å². The van der Waals surface area contributed by atoms with Crippen molar-refractivity contribution in [2.24, 2.45) is 0 Å².